The third-order valence-corrected chi connectivity index (χ3v) is 3.66. The van der Waals surface area contributed by atoms with Crippen LogP contribution in [0.25, 0.3) is 0 Å². The molecule has 1 heterocycles. The van der Waals surface area contributed by atoms with E-state index in [1.807, 2.05) is 6.07 Å². The average molecular weight is 271 g/mol. The number of hydrogen-bond donors (Lipinski definition) is 1. The van der Waals surface area contributed by atoms with Gasteiger partial charge in [0.15, 0.2) is 0 Å². The van der Waals surface area contributed by atoms with Crippen molar-refractivity contribution in [3.05, 3.63) is 51.2 Å². The number of aryl methyl sites for hydroxylation is 2. The first-order valence-electron chi connectivity index (χ1n) is 6.17. The van der Waals surface area contributed by atoms with E-state index in [4.69, 9.17) is 10.5 Å². The molecule has 0 amide bonds. The Kier molecular flexibility index (Phi) is 4.62. The highest BCUT2D eigenvalue weighted by Gasteiger charge is 2.02. The molecule has 2 rings (SSSR count). The van der Waals surface area contributed by atoms with Gasteiger partial charge in [0.1, 0.15) is 12.4 Å². The third kappa shape index (κ3) is 3.85. The SMILES string of the molecule is Cc1ccc(C)c(OCc2ccc(C#CCN)s2)c1. The van der Waals surface area contributed by atoms with Crippen molar-refractivity contribution in [3.63, 3.8) is 0 Å². The van der Waals surface area contributed by atoms with E-state index >= 15 is 0 Å². The summed E-state index contributed by atoms with van der Waals surface area (Å²) in [5.41, 5.74) is 7.72. The summed E-state index contributed by atoms with van der Waals surface area (Å²) in [7, 11) is 0. The zero-order valence-corrected chi connectivity index (χ0v) is 12.0. The molecule has 0 fully saturated rings. The highest BCUT2D eigenvalue weighted by molar-refractivity contribution is 7.12. The topological polar surface area (TPSA) is 35.2 Å². The van der Waals surface area contributed by atoms with Crippen LogP contribution in [0, 0.1) is 25.7 Å². The van der Waals surface area contributed by atoms with Crippen molar-refractivity contribution in [2.75, 3.05) is 6.54 Å². The molecule has 98 valence electrons. The molecule has 0 saturated heterocycles. The van der Waals surface area contributed by atoms with Gasteiger partial charge in [0.25, 0.3) is 0 Å². The van der Waals surface area contributed by atoms with Crippen LogP contribution in [0.2, 0.25) is 0 Å². The molecule has 0 aliphatic heterocycles. The van der Waals surface area contributed by atoms with E-state index in [9.17, 15) is 0 Å². The van der Waals surface area contributed by atoms with Gasteiger partial charge in [0, 0.05) is 4.88 Å². The maximum atomic E-state index is 5.86. The van der Waals surface area contributed by atoms with Gasteiger partial charge in [0.2, 0.25) is 0 Å². The molecule has 0 spiro atoms. The second kappa shape index (κ2) is 6.42. The summed E-state index contributed by atoms with van der Waals surface area (Å²) in [6, 6.07) is 10.3. The molecule has 0 saturated carbocycles. The van der Waals surface area contributed by atoms with Crippen molar-refractivity contribution < 1.29 is 4.74 Å². The van der Waals surface area contributed by atoms with Gasteiger partial charge in [0.05, 0.1) is 11.4 Å². The zero-order valence-electron chi connectivity index (χ0n) is 11.2. The number of thiophene rings is 1. The zero-order chi connectivity index (χ0) is 13.7. The molecule has 0 aliphatic carbocycles. The van der Waals surface area contributed by atoms with Gasteiger partial charge < -0.3 is 10.5 Å². The number of ether oxygens (including phenoxy) is 1. The fraction of sp³-hybridized carbons (Fsp3) is 0.250. The summed E-state index contributed by atoms with van der Waals surface area (Å²) in [6.45, 7) is 5.10. The normalized spacial score (nSPS) is 9.84. The fourth-order valence-electron chi connectivity index (χ4n) is 1.67. The molecule has 2 N–H and O–H groups in total. The molecular weight excluding hydrogens is 254 g/mol. The number of benzene rings is 1. The van der Waals surface area contributed by atoms with Crippen LogP contribution >= 0.6 is 11.3 Å². The maximum Gasteiger partial charge on any atom is 0.123 e. The predicted molar refractivity (Wildman–Crippen MR) is 80.5 cm³/mol. The van der Waals surface area contributed by atoms with Crippen molar-refractivity contribution in [1.29, 1.82) is 0 Å². The van der Waals surface area contributed by atoms with Crippen LogP contribution < -0.4 is 10.5 Å². The molecular formula is C16H17NOS. The molecule has 3 heteroatoms. The summed E-state index contributed by atoms with van der Waals surface area (Å²) in [5.74, 6) is 6.83. The van der Waals surface area contributed by atoms with Crippen molar-refractivity contribution in [2.24, 2.45) is 5.73 Å². The average Bonchev–Trinajstić information content (AvgIpc) is 2.85. The van der Waals surface area contributed by atoms with E-state index in [-0.39, 0.29) is 0 Å². The Labute approximate surface area is 118 Å². The van der Waals surface area contributed by atoms with Gasteiger partial charge in [-0.05, 0) is 43.2 Å². The van der Waals surface area contributed by atoms with Crippen molar-refractivity contribution in [2.45, 2.75) is 20.5 Å². The van der Waals surface area contributed by atoms with Gasteiger partial charge in [-0.3, -0.25) is 0 Å². The molecule has 19 heavy (non-hydrogen) atoms. The first-order valence-corrected chi connectivity index (χ1v) is 6.98. The Hall–Kier alpha value is -1.76. The minimum absolute atomic E-state index is 0.395. The second-order valence-corrected chi connectivity index (χ2v) is 5.50. The first-order chi connectivity index (χ1) is 9.19. The molecule has 0 bridgehead atoms. The second-order valence-electron chi connectivity index (χ2n) is 4.33. The summed E-state index contributed by atoms with van der Waals surface area (Å²) in [4.78, 5) is 2.20. The highest BCUT2D eigenvalue weighted by atomic mass is 32.1. The summed E-state index contributed by atoms with van der Waals surface area (Å²) in [6.07, 6.45) is 0. The molecule has 1 aromatic heterocycles. The third-order valence-electron chi connectivity index (χ3n) is 2.69. The number of hydrogen-bond acceptors (Lipinski definition) is 3. The van der Waals surface area contributed by atoms with Gasteiger partial charge in [-0.15, -0.1) is 11.3 Å². The monoisotopic (exact) mass is 271 g/mol. The van der Waals surface area contributed by atoms with Gasteiger partial charge in [-0.1, -0.05) is 24.0 Å². The van der Waals surface area contributed by atoms with Crippen LogP contribution in [-0.4, -0.2) is 6.54 Å². The molecule has 0 radical (unpaired) electrons. The largest absolute Gasteiger partial charge is 0.488 e. The van der Waals surface area contributed by atoms with Crippen LogP contribution in [0.1, 0.15) is 20.9 Å². The lowest BCUT2D eigenvalue weighted by molar-refractivity contribution is 0.307. The van der Waals surface area contributed by atoms with E-state index in [2.05, 4.69) is 50.0 Å². The van der Waals surface area contributed by atoms with Crippen molar-refractivity contribution in [1.82, 2.24) is 0 Å². The van der Waals surface area contributed by atoms with E-state index in [0.717, 1.165) is 16.2 Å². The number of rotatable bonds is 3. The van der Waals surface area contributed by atoms with E-state index in [1.165, 1.54) is 10.4 Å². The lowest BCUT2D eigenvalue weighted by Crippen LogP contribution is -1.95. The molecule has 0 unspecified atom stereocenters. The predicted octanol–water partition coefficient (Wildman–Crippen LogP) is 3.25. The van der Waals surface area contributed by atoms with E-state index in [1.54, 1.807) is 11.3 Å². The first kappa shape index (κ1) is 13.7. The fourth-order valence-corrected chi connectivity index (χ4v) is 2.47. The van der Waals surface area contributed by atoms with Gasteiger partial charge in [-0.2, -0.15) is 0 Å². The summed E-state index contributed by atoms with van der Waals surface area (Å²) >= 11 is 1.65. The Balaban J connectivity index is 2.02. The molecule has 0 atom stereocenters. The molecule has 0 aliphatic rings. The molecule has 2 aromatic rings. The lowest BCUT2D eigenvalue weighted by atomic mass is 10.1. The lowest BCUT2D eigenvalue weighted by Gasteiger charge is -2.08. The Morgan fingerprint density at radius 1 is 1.21 bits per heavy atom. The van der Waals surface area contributed by atoms with Crippen molar-refractivity contribution >= 4 is 11.3 Å². The smallest absolute Gasteiger partial charge is 0.123 e. The minimum atomic E-state index is 0.395. The van der Waals surface area contributed by atoms with E-state index in [0.29, 0.717) is 13.2 Å². The van der Waals surface area contributed by atoms with Crippen LogP contribution in [0.3, 0.4) is 0 Å². The minimum Gasteiger partial charge on any atom is -0.488 e. The molecule has 1 aromatic carbocycles. The van der Waals surface area contributed by atoms with Crippen LogP contribution in [0.5, 0.6) is 5.75 Å². The maximum absolute atomic E-state index is 5.86. The quantitative estimate of drug-likeness (QED) is 0.870. The Bertz CT molecular complexity index is 619. The molecule has 2 nitrogen and oxygen atoms in total. The number of nitrogens with two attached hydrogens (primary N) is 1. The highest BCUT2D eigenvalue weighted by Crippen LogP contribution is 2.22. The van der Waals surface area contributed by atoms with Gasteiger partial charge in [-0.25, -0.2) is 0 Å². The standard InChI is InChI=1S/C16H17NOS/c1-12-5-6-13(2)16(10-12)18-11-15-8-7-14(19-15)4-3-9-17/h5-8,10H,9,11,17H2,1-2H3. The Morgan fingerprint density at radius 3 is 2.84 bits per heavy atom. The van der Waals surface area contributed by atoms with E-state index < -0.39 is 0 Å². The van der Waals surface area contributed by atoms with Crippen molar-refractivity contribution in [3.8, 4) is 17.6 Å². The Morgan fingerprint density at radius 2 is 2.05 bits per heavy atom. The summed E-state index contributed by atoms with van der Waals surface area (Å²) in [5, 5.41) is 0. The van der Waals surface area contributed by atoms with Crippen LogP contribution in [0.15, 0.2) is 30.3 Å². The van der Waals surface area contributed by atoms with Crippen LogP contribution in [-0.2, 0) is 6.61 Å². The summed E-state index contributed by atoms with van der Waals surface area (Å²) < 4.78 is 5.86. The van der Waals surface area contributed by atoms with Crippen LogP contribution in [0.4, 0.5) is 0 Å². The van der Waals surface area contributed by atoms with Gasteiger partial charge >= 0.3 is 0 Å².